The van der Waals surface area contributed by atoms with Crippen molar-refractivity contribution in [1.82, 2.24) is 15.1 Å². The lowest BCUT2D eigenvalue weighted by molar-refractivity contribution is 0.271. The molecule has 0 saturated heterocycles. The van der Waals surface area contributed by atoms with Gasteiger partial charge in [-0.25, -0.2) is 22.9 Å². The number of pyridine rings is 1. The van der Waals surface area contributed by atoms with Gasteiger partial charge < -0.3 is 9.84 Å². The van der Waals surface area contributed by atoms with Gasteiger partial charge in [0.2, 0.25) is 0 Å². The maximum absolute atomic E-state index is 15.0. The molecule has 0 atom stereocenters. The quantitative estimate of drug-likeness (QED) is 0.447. The van der Waals surface area contributed by atoms with E-state index in [2.05, 4.69) is 19.6 Å². The maximum atomic E-state index is 15.0. The van der Waals surface area contributed by atoms with Gasteiger partial charge in [-0.15, -0.1) is 0 Å². The van der Waals surface area contributed by atoms with E-state index in [9.17, 15) is 23.1 Å². The first kappa shape index (κ1) is 22.1. The molecule has 0 aliphatic carbocycles. The molecule has 170 valence electrons. The van der Waals surface area contributed by atoms with Gasteiger partial charge in [0, 0.05) is 12.1 Å². The second kappa shape index (κ2) is 8.81. The summed E-state index contributed by atoms with van der Waals surface area (Å²) in [5, 5.41) is 13.6. The molecule has 0 fully saturated rings. The van der Waals surface area contributed by atoms with Crippen LogP contribution in [0.3, 0.4) is 0 Å². The molecule has 2 heterocycles. The molecule has 4 aromatic rings. The minimum absolute atomic E-state index is 0.0367. The standard InChI is InChI=1S/C23H18F3N3O4/c1-11-8-18(32-10-19-28-23(31)33-29-19)21(26)12(2)14(11)9-13-6-7-17(30)22(27-13)20-15(24)4-3-5-16(20)25/h3-8,30H,9-10H2,1-2H3,(H,28,29,31). The average Bonchev–Trinajstić information content (AvgIpc) is 3.19. The van der Waals surface area contributed by atoms with Crippen LogP contribution in [0.2, 0.25) is 0 Å². The van der Waals surface area contributed by atoms with E-state index in [1.54, 1.807) is 13.8 Å². The third-order valence-electron chi connectivity index (χ3n) is 5.16. The first-order valence-electron chi connectivity index (χ1n) is 9.84. The minimum Gasteiger partial charge on any atom is -0.506 e. The van der Waals surface area contributed by atoms with Crippen molar-refractivity contribution in [2.24, 2.45) is 0 Å². The summed E-state index contributed by atoms with van der Waals surface area (Å²) in [6.07, 6.45) is 0.148. The summed E-state index contributed by atoms with van der Waals surface area (Å²) in [7, 11) is 0. The molecule has 2 N–H and O–H groups in total. The van der Waals surface area contributed by atoms with Gasteiger partial charge in [0.25, 0.3) is 0 Å². The van der Waals surface area contributed by atoms with E-state index in [0.717, 1.165) is 12.1 Å². The Morgan fingerprint density at radius 3 is 2.52 bits per heavy atom. The smallest absolute Gasteiger partial charge is 0.439 e. The summed E-state index contributed by atoms with van der Waals surface area (Å²) in [6.45, 7) is 3.13. The van der Waals surface area contributed by atoms with Gasteiger partial charge in [0.15, 0.2) is 17.4 Å². The highest BCUT2D eigenvalue weighted by Gasteiger charge is 2.19. The summed E-state index contributed by atoms with van der Waals surface area (Å²) in [5.74, 6) is -3.37. The van der Waals surface area contributed by atoms with Gasteiger partial charge in [-0.1, -0.05) is 11.2 Å². The number of H-pyrrole nitrogens is 1. The van der Waals surface area contributed by atoms with Crippen LogP contribution < -0.4 is 10.5 Å². The van der Waals surface area contributed by atoms with E-state index in [-0.39, 0.29) is 36.0 Å². The van der Waals surface area contributed by atoms with Crippen molar-refractivity contribution in [3.8, 4) is 22.8 Å². The molecule has 2 aromatic carbocycles. The Labute approximate surface area is 185 Å². The van der Waals surface area contributed by atoms with E-state index in [1.807, 2.05) is 0 Å². The Hall–Kier alpha value is -4.08. The highest BCUT2D eigenvalue weighted by Crippen LogP contribution is 2.33. The number of ether oxygens (including phenoxy) is 1. The molecule has 0 amide bonds. The Morgan fingerprint density at radius 2 is 1.85 bits per heavy atom. The second-order valence-corrected chi connectivity index (χ2v) is 7.38. The summed E-state index contributed by atoms with van der Waals surface area (Å²) >= 11 is 0. The molecule has 33 heavy (non-hydrogen) atoms. The van der Waals surface area contributed by atoms with E-state index in [4.69, 9.17) is 4.74 Å². The monoisotopic (exact) mass is 457 g/mol. The topological polar surface area (TPSA) is 101 Å². The van der Waals surface area contributed by atoms with Gasteiger partial charge in [-0.05, 0) is 60.9 Å². The van der Waals surface area contributed by atoms with Crippen LogP contribution in [-0.4, -0.2) is 20.2 Å². The van der Waals surface area contributed by atoms with Gasteiger partial charge in [0.1, 0.15) is 29.7 Å². The van der Waals surface area contributed by atoms with Crippen molar-refractivity contribution in [1.29, 1.82) is 0 Å². The van der Waals surface area contributed by atoms with Crippen molar-refractivity contribution in [3.05, 3.63) is 92.6 Å². The number of hydrogen-bond acceptors (Lipinski definition) is 6. The molecule has 4 rings (SSSR count). The Morgan fingerprint density at radius 1 is 1.12 bits per heavy atom. The zero-order valence-corrected chi connectivity index (χ0v) is 17.6. The van der Waals surface area contributed by atoms with Crippen molar-refractivity contribution in [2.45, 2.75) is 26.9 Å². The van der Waals surface area contributed by atoms with E-state index < -0.39 is 28.8 Å². The fourth-order valence-corrected chi connectivity index (χ4v) is 3.49. The lowest BCUT2D eigenvalue weighted by atomic mass is 9.96. The molecule has 0 radical (unpaired) electrons. The molecule has 2 aromatic heterocycles. The number of aromatic nitrogens is 3. The van der Waals surface area contributed by atoms with Gasteiger partial charge in [-0.3, -0.25) is 9.51 Å². The molecule has 0 aliphatic rings. The third-order valence-corrected chi connectivity index (χ3v) is 5.16. The van der Waals surface area contributed by atoms with E-state index in [0.29, 0.717) is 22.4 Å². The van der Waals surface area contributed by atoms with Crippen molar-refractivity contribution in [3.63, 3.8) is 0 Å². The minimum atomic E-state index is -0.858. The maximum Gasteiger partial charge on any atom is 0.439 e. The molecule has 0 unspecified atom stereocenters. The molecular formula is C23H18F3N3O4. The van der Waals surface area contributed by atoms with Crippen molar-refractivity contribution >= 4 is 0 Å². The van der Waals surface area contributed by atoms with E-state index >= 15 is 0 Å². The molecular weight excluding hydrogens is 439 g/mol. The SMILES string of the molecule is Cc1cc(OCc2noc(=O)[nH]2)c(F)c(C)c1Cc1ccc(O)c(-c2c(F)cccc2F)n1. The third kappa shape index (κ3) is 4.45. The second-order valence-electron chi connectivity index (χ2n) is 7.38. The van der Waals surface area contributed by atoms with Crippen molar-refractivity contribution < 1.29 is 27.5 Å². The van der Waals surface area contributed by atoms with Gasteiger partial charge >= 0.3 is 5.76 Å². The van der Waals surface area contributed by atoms with Gasteiger partial charge in [0.05, 0.1) is 5.56 Å². The Balaban J connectivity index is 1.64. The number of aryl methyl sites for hydroxylation is 1. The number of nitrogens with one attached hydrogen (secondary N) is 1. The lowest BCUT2D eigenvalue weighted by Crippen LogP contribution is -2.06. The van der Waals surface area contributed by atoms with Crippen LogP contribution in [0, 0.1) is 31.3 Å². The number of rotatable bonds is 6. The van der Waals surface area contributed by atoms with Crippen LogP contribution in [0.4, 0.5) is 13.2 Å². The van der Waals surface area contributed by atoms with E-state index in [1.165, 1.54) is 24.3 Å². The van der Waals surface area contributed by atoms with Gasteiger partial charge in [-0.2, -0.15) is 0 Å². The fraction of sp³-hybridized carbons (Fsp3) is 0.174. The normalized spacial score (nSPS) is 11.1. The molecule has 7 nitrogen and oxygen atoms in total. The number of aromatic hydroxyl groups is 1. The predicted molar refractivity (Wildman–Crippen MR) is 111 cm³/mol. The van der Waals surface area contributed by atoms with Crippen LogP contribution in [0.1, 0.15) is 28.2 Å². The summed E-state index contributed by atoms with van der Waals surface area (Å²) in [6, 6.07) is 7.65. The highest BCUT2D eigenvalue weighted by molar-refractivity contribution is 5.67. The number of benzene rings is 2. The summed E-state index contributed by atoms with van der Waals surface area (Å²) in [5.41, 5.74) is 1.29. The van der Waals surface area contributed by atoms with Crippen LogP contribution in [-0.2, 0) is 13.0 Å². The number of halogens is 3. The first-order valence-corrected chi connectivity index (χ1v) is 9.84. The summed E-state index contributed by atoms with van der Waals surface area (Å²) in [4.78, 5) is 17.5. The largest absolute Gasteiger partial charge is 0.506 e. The zero-order chi connectivity index (χ0) is 23.7. The molecule has 0 bridgehead atoms. The Kier molecular flexibility index (Phi) is 5.91. The Bertz CT molecular complexity index is 1380. The molecule has 0 aliphatic heterocycles. The highest BCUT2D eigenvalue weighted by atomic mass is 19.1. The zero-order valence-electron chi connectivity index (χ0n) is 17.6. The molecule has 0 saturated carbocycles. The number of aromatic amines is 1. The number of nitrogens with zero attached hydrogens (tertiary/aromatic N) is 2. The van der Waals surface area contributed by atoms with Crippen LogP contribution in [0.15, 0.2) is 45.7 Å². The fourth-order valence-electron chi connectivity index (χ4n) is 3.49. The molecule has 0 spiro atoms. The predicted octanol–water partition coefficient (Wildman–Crippen LogP) is 4.33. The van der Waals surface area contributed by atoms with Crippen LogP contribution in [0.25, 0.3) is 11.3 Å². The van der Waals surface area contributed by atoms with Crippen LogP contribution >= 0.6 is 0 Å². The number of hydrogen-bond donors (Lipinski definition) is 2. The average molecular weight is 457 g/mol. The summed E-state index contributed by atoms with van der Waals surface area (Å²) < 4.78 is 53.2. The first-order chi connectivity index (χ1) is 15.7. The lowest BCUT2D eigenvalue weighted by Gasteiger charge is -2.15. The van der Waals surface area contributed by atoms with Crippen molar-refractivity contribution in [2.75, 3.05) is 0 Å². The molecule has 10 heteroatoms. The van der Waals surface area contributed by atoms with Crippen LogP contribution in [0.5, 0.6) is 11.5 Å².